The molecule has 0 radical (unpaired) electrons. The summed E-state index contributed by atoms with van der Waals surface area (Å²) in [5.74, 6) is -0.323. The van der Waals surface area contributed by atoms with Crippen molar-refractivity contribution in [2.75, 3.05) is 0 Å². The van der Waals surface area contributed by atoms with Gasteiger partial charge < -0.3 is 5.73 Å². The van der Waals surface area contributed by atoms with Gasteiger partial charge in [0, 0.05) is 11.3 Å². The fraction of sp³-hybridized carbons (Fsp3) is 0.231. The predicted octanol–water partition coefficient (Wildman–Crippen LogP) is 1.92. The van der Waals surface area contributed by atoms with Crippen molar-refractivity contribution >= 4 is 5.84 Å². The molecule has 1 aromatic carbocycles. The number of amidine groups is 1. The molecule has 0 aliphatic heterocycles. The third-order valence-corrected chi connectivity index (χ3v) is 2.78. The van der Waals surface area contributed by atoms with Crippen molar-refractivity contribution in [3.05, 3.63) is 53.1 Å². The summed E-state index contributed by atoms with van der Waals surface area (Å²) < 4.78 is 15.3. The van der Waals surface area contributed by atoms with E-state index in [4.69, 9.17) is 11.1 Å². The maximum Gasteiger partial charge on any atom is 0.143 e. The molecule has 2 rings (SSSR count). The lowest BCUT2D eigenvalue weighted by molar-refractivity contribution is 0.576. The van der Waals surface area contributed by atoms with Gasteiger partial charge in [-0.2, -0.15) is 5.10 Å². The van der Waals surface area contributed by atoms with Crippen LogP contribution in [0.2, 0.25) is 0 Å². The Hall–Kier alpha value is -2.17. The number of aromatic nitrogens is 2. The second-order valence-corrected chi connectivity index (χ2v) is 4.04. The largest absolute Gasteiger partial charge is 0.382 e. The smallest absolute Gasteiger partial charge is 0.143 e. The summed E-state index contributed by atoms with van der Waals surface area (Å²) in [5.41, 5.74) is 7.35. The molecule has 0 saturated heterocycles. The van der Waals surface area contributed by atoms with E-state index in [9.17, 15) is 4.39 Å². The monoisotopic (exact) mass is 246 g/mol. The Morgan fingerprint density at radius 2 is 2.17 bits per heavy atom. The number of halogens is 1. The lowest BCUT2D eigenvalue weighted by Crippen LogP contribution is -2.13. The lowest BCUT2D eigenvalue weighted by atomic mass is 10.2. The minimum atomic E-state index is -0.251. The van der Waals surface area contributed by atoms with Crippen LogP contribution in [0.3, 0.4) is 0 Å². The SMILES string of the molecule is CCc1cc(C(=N)N)nn1Cc1ccccc1F. The molecule has 0 fully saturated rings. The Bertz CT molecular complexity index is 574. The van der Waals surface area contributed by atoms with Crippen molar-refractivity contribution < 1.29 is 4.39 Å². The molecule has 3 N–H and O–H groups in total. The summed E-state index contributed by atoms with van der Waals surface area (Å²) in [5, 5.41) is 11.6. The van der Waals surface area contributed by atoms with Gasteiger partial charge in [0.2, 0.25) is 0 Å². The second kappa shape index (κ2) is 5.00. The first kappa shape index (κ1) is 12.3. The van der Waals surface area contributed by atoms with Crippen LogP contribution in [-0.2, 0) is 13.0 Å². The molecule has 1 heterocycles. The molecule has 0 spiro atoms. The molecule has 5 heteroatoms. The van der Waals surface area contributed by atoms with Gasteiger partial charge in [-0.1, -0.05) is 25.1 Å². The minimum Gasteiger partial charge on any atom is -0.382 e. The number of benzene rings is 1. The average Bonchev–Trinajstić information content (AvgIpc) is 2.75. The molecule has 4 nitrogen and oxygen atoms in total. The Morgan fingerprint density at radius 1 is 1.44 bits per heavy atom. The fourth-order valence-corrected chi connectivity index (χ4v) is 1.80. The van der Waals surface area contributed by atoms with Gasteiger partial charge in [0.15, 0.2) is 0 Å². The van der Waals surface area contributed by atoms with Gasteiger partial charge in [-0.05, 0) is 18.6 Å². The molecule has 0 atom stereocenters. The van der Waals surface area contributed by atoms with Crippen molar-refractivity contribution in [3.63, 3.8) is 0 Å². The molecule has 2 aromatic rings. The third kappa shape index (κ3) is 2.40. The van der Waals surface area contributed by atoms with Crippen LogP contribution in [0, 0.1) is 11.2 Å². The van der Waals surface area contributed by atoms with Crippen LogP contribution in [0.25, 0.3) is 0 Å². The molecule has 0 unspecified atom stereocenters. The number of nitrogens with two attached hydrogens (primary N) is 1. The van der Waals surface area contributed by atoms with Crippen LogP contribution in [-0.4, -0.2) is 15.6 Å². The molecule has 0 amide bonds. The number of nitrogens with zero attached hydrogens (tertiary/aromatic N) is 2. The summed E-state index contributed by atoms with van der Waals surface area (Å²) in [7, 11) is 0. The highest BCUT2D eigenvalue weighted by atomic mass is 19.1. The van der Waals surface area contributed by atoms with E-state index < -0.39 is 0 Å². The average molecular weight is 246 g/mol. The van der Waals surface area contributed by atoms with Gasteiger partial charge >= 0.3 is 0 Å². The van der Waals surface area contributed by atoms with E-state index in [1.165, 1.54) is 6.07 Å². The van der Waals surface area contributed by atoms with Gasteiger partial charge in [0.1, 0.15) is 17.3 Å². The Morgan fingerprint density at radius 3 is 2.78 bits per heavy atom. The summed E-state index contributed by atoms with van der Waals surface area (Å²) >= 11 is 0. The molecule has 0 bridgehead atoms. The van der Waals surface area contributed by atoms with E-state index in [2.05, 4.69) is 5.10 Å². The number of hydrogen-bond donors (Lipinski definition) is 2. The van der Waals surface area contributed by atoms with E-state index in [-0.39, 0.29) is 11.7 Å². The number of aryl methyl sites for hydroxylation is 1. The molecule has 0 saturated carbocycles. The molecule has 1 aromatic heterocycles. The molecule has 0 aliphatic carbocycles. The number of nitrogens with one attached hydrogen (secondary N) is 1. The van der Waals surface area contributed by atoms with Crippen LogP contribution < -0.4 is 5.73 Å². The molecule has 18 heavy (non-hydrogen) atoms. The van der Waals surface area contributed by atoms with Gasteiger partial charge in [0.25, 0.3) is 0 Å². The zero-order valence-electron chi connectivity index (χ0n) is 10.2. The Labute approximate surface area is 105 Å². The standard InChI is InChI=1S/C13H15FN4/c1-2-10-7-12(13(15)16)17-18(10)8-9-5-3-4-6-11(9)14/h3-7H,2,8H2,1H3,(H3,15,16). The predicted molar refractivity (Wildman–Crippen MR) is 68.1 cm³/mol. The van der Waals surface area contributed by atoms with E-state index in [0.717, 1.165) is 12.1 Å². The fourth-order valence-electron chi connectivity index (χ4n) is 1.80. The maximum absolute atomic E-state index is 13.6. The summed E-state index contributed by atoms with van der Waals surface area (Å²) in [6, 6.07) is 8.37. The summed E-state index contributed by atoms with van der Waals surface area (Å²) in [6.07, 6.45) is 0.759. The van der Waals surface area contributed by atoms with Gasteiger partial charge in [-0.15, -0.1) is 0 Å². The van der Waals surface area contributed by atoms with E-state index in [1.54, 1.807) is 28.9 Å². The number of rotatable bonds is 4. The van der Waals surface area contributed by atoms with E-state index in [0.29, 0.717) is 17.8 Å². The highest BCUT2D eigenvalue weighted by molar-refractivity contribution is 5.93. The molecule has 94 valence electrons. The topological polar surface area (TPSA) is 67.7 Å². The van der Waals surface area contributed by atoms with E-state index >= 15 is 0 Å². The van der Waals surface area contributed by atoms with Crippen molar-refractivity contribution in [2.24, 2.45) is 5.73 Å². The molecule has 0 aliphatic rings. The molecular weight excluding hydrogens is 231 g/mol. The highest BCUT2D eigenvalue weighted by Gasteiger charge is 2.10. The number of hydrogen-bond acceptors (Lipinski definition) is 2. The molecular formula is C13H15FN4. The Kier molecular flexibility index (Phi) is 3.41. The second-order valence-electron chi connectivity index (χ2n) is 4.04. The summed E-state index contributed by atoms with van der Waals surface area (Å²) in [4.78, 5) is 0. The van der Waals surface area contributed by atoms with Crippen molar-refractivity contribution in [3.8, 4) is 0 Å². The van der Waals surface area contributed by atoms with Crippen LogP contribution >= 0.6 is 0 Å². The van der Waals surface area contributed by atoms with E-state index in [1.807, 2.05) is 6.92 Å². The first-order valence-electron chi connectivity index (χ1n) is 5.76. The van der Waals surface area contributed by atoms with Gasteiger partial charge in [-0.3, -0.25) is 10.1 Å². The van der Waals surface area contributed by atoms with Crippen molar-refractivity contribution in [1.82, 2.24) is 9.78 Å². The quantitative estimate of drug-likeness (QED) is 0.639. The third-order valence-electron chi connectivity index (χ3n) is 2.78. The van der Waals surface area contributed by atoms with Gasteiger partial charge in [0.05, 0.1) is 6.54 Å². The van der Waals surface area contributed by atoms with Crippen LogP contribution in [0.15, 0.2) is 30.3 Å². The minimum absolute atomic E-state index is 0.0722. The van der Waals surface area contributed by atoms with Crippen LogP contribution in [0.4, 0.5) is 4.39 Å². The maximum atomic E-state index is 13.6. The Balaban J connectivity index is 2.34. The summed E-state index contributed by atoms with van der Waals surface area (Å²) in [6.45, 7) is 2.34. The van der Waals surface area contributed by atoms with Crippen molar-refractivity contribution in [2.45, 2.75) is 19.9 Å². The highest BCUT2D eigenvalue weighted by Crippen LogP contribution is 2.12. The van der Waals surface area contributed by atoms with Crippen LogP contribution in [0.1, 0.15) is 23.9 Å². The van der Waals surface area contributed by atoms with Crippen molar-refractivity contribution in [1.29, 1.82) is 5.41 Å². The first-order valence-corrected chi connectivity index (χ1v) is 5.76. The first-order chi connectivity index (χ1) is 8.61. The van der Waals surface area contributed by atoms with Crippen LogP contribution in [0.5, 0.6) is 0 Å². The zero-order chi connectivity index (χ0) is 13.1. The lowest BCUT2D eigenvalue weighted by Gasteiger charge is -2.06. The zero-order valence-corrected chi connectivity index (χ0v) is 10.2. The van der Waals surface area contributed by atoms with Gasteiger partial charge in [-0.25, -0.2) is 4.39 Å². The normalized spacial score (nSPS) is 10.6. The number of nitrogen functional groups attached to an aromatic ring is 1.